The standard InChI is InChI=1S/C46H66ClN3O13S2/c1-26-14-13-16-36(60-10)46(58)25-35(61-44(57)48-46)29(4)41-45(6,63-41)37(24-39(53)50(8)33-22-31(20-26)23-34(59-9)40(33)47)62-43(56)30(5)49(7)38(52)18-17-28(3)65-64-19-12-11-15-32(51)21-27(2)42(54)55/h13-14,16,22-23,27-30,35-37,41,58H,11-12,15,17-21,24-25H2,1-10H3,(H,48,57)(H,54,55)/b16-13+,26-14+/t27?,28?,29-,30+,35+,36-,37+,41-,45+,46+/m1/s1. The van der Waals surface area contributed by atoms with E-state index in [9.17, 15) is 33.9 Å². The van der Waals surface area contributed by atoms with E-state index in [4.69, 9.17) is 40.4 Å². The molecule has 1 aromatic carbocycles. The van der Waals surface area contributed by atoms with Crippen LogP contribution in [0, 0.1) is 11.8 Å². The Morgan fingerprint density at radius 3 is 2.49 bits per heavy atom. The Morgan fingerprint density at radius 1 is 1.12 bits per heavy atom. The SMILES string of the molecule is COc1cc2cc(c1Cl)N(C)C(=O)C[C@H](OC(=O)[C@H](C)N(C)C(=O)CCC(C)SSCCCCC(=O)CC(C)C(=O)O)[C@]1(C)O[C@@H]1[C@H](C)[C@@H]1C[C@@](O)(NC(=O)O1)[C@H](OC)/C=C/C=C(\C)C2. The molecule has 3 heterocycles. The molecule has 3 N–H and O–H groups in total. The van der Waals surface area contributed by atoms with Gasteiger partial charge < -0.3 is 43.7 Å². The molecule has 0 aromatic heterocycles. The van der Waals surface area contributed by atoms with Crippen molar-refractivity contribution in [1.29, 1.82) is 0 Å². The number of hydrogen-bond donors (Lipinski definition) is 3. The molecule has 2 fully saturated rings. The number of nitrogens with zero attached hydrogens (tertiary/aromatic N) is 2. The van der Waals surface area contributed by atoms with Crippen molar-refractivity contribution in [2.45, 2.75) is 146 Å². The number of allylic oxidation sites excluding steroid dienone is 3. The summed E-state index contributed by atoms with van der Waals surface area (Å²) in [5.74, 6) is -2.58. The highest BCUT2D eigenvalue weighted by Crippen LogP contribution is 2.49. The highest BCUT2D eigenvalue weighted by molar-refractivity contribution is 8.76. The molecule has 4 rings (SSSR count). The van der Waals surface area contributed by atoms with Gasteiger partial charge in [-0.1, -0.05) is 77.8 Å². The number of esters is 1. The number of carbonyl (C=O) groups is 6. The first-order valence-corrected chi connectivity index (χ1v) is 24.7. The Labute approximate surface area is 395 Å². The molecule has 0 aliphatic carbocycles. The van der Waals surface area contributed by atoms with Gasteiger partial charge in [0.15, 0.2) is 5.72 Å². The van der Waals surface area contributed by atoms with Gasteiger partial charge in [0.2, 0.25) is 11.8 Å². The third kappa shape index (κ3) is 14.3. The second-order valence-electron chi connectivity index (χ2n) is 17.6. The van der Waals surface area contributed by atoms with Gasteiger partial charge in [-0.3, -0.25) is 24.5 Å². The van der Waals surface area contributed by atoms with Gasteiger partial charge in [0.1, 0.15) is 46.5 Å². The maximum Gasteiger partial charge on any atom is 0.409 e. The monoisotopic (exact) mass is 967 g/mol. The number of amides is 3. The smallest absolute Gasteiger partial charge is 0.409 e. The van der Waals surface area contributed by atoms with Crippen LogP contribution in [0.2, 0.25) is 5.02 Å². The number of carbonyl (C=O) groups excluding carboxylic acids is 5. The van der Waals surface area contributed by atoms with Gasteiger partial charge in [0.25, 0.3) is 0 Å². The Hall–Kier alpha value is -3.81. The van der Waals surface area contributed by atoms with E-state index in [2.05, 4.69) is 5.32 Å². The topological polar surface area (TPSA) is 211 Å². The number of halogens is 1. The lowest BCUT2D eigenvalue weighted by molar-refractivity contribution is -0.162. The number of Topliss-reactive ketones (excluding diaryl/α,β-unsaturated/α-hetero) is 1. The number of aliphatic carboxylic acids is 1. The summed E-state index contributed by atoms with van der Waals surface area (Å²) in [5.41, 5.74) is -1.03. The first-order valence-electron chi connectivity index (χ1n) is 21.9. The summed E-state index contributed by atoms with van der Waals surface area (Å²) >= 11 is 6.80. The predicted octanol–water partition coefficient (Wildman–Crippen LogP) is 6.91. The van der Waals surface area contributed by atoms with E-state index >= 15 is 0 Å². The summed E-state index contributed by atoms with van der Waals surface area (Å²) in [4.78, 5) is 80.4. The number of hydrogen-bond acceptors (Lipinski definition) is 14. The highest BCUT2D eigenvalue weighted by Gasteiger charge is 2.64. The Morgan fingerprint density at radius 2 is 1.83 bits per heavy atom. The molecule has 0 spiro atoms. The van der Waals surface area contributed by atoms with Crippen molar-refractivity contribution in [1.82, 2.24) is 10.2 Å². The van der Waals surface area contributed by atoms with Crippen LogP contribution in [-0.4, -0.2) is 132 Å². The van der Waals surface area contributed by atoms with Crippen LogP contribution in [0.15, 0.2) is 35.9 Å². The molecule has 10 atom stereocenters. The Balaban J connectivity index is 1.49. The van der Waals surface area contributed by atoms with Crippen LogP contribution in [0.1, 0.15) is 98.5 Å². The number of unbranched alkanes of at least 4 members (excludes halogenated alkanes) is 1. The molecule has 3 aliphatic heterocycles. The van der Waals surface area contributed by atoms with E-state index in [1.807, 2.05) is 19.9 Å². The number of ether oxygens (including phenoxy) is 5. The minimum absolute atomic E-state index is 0.0397. The summed E-state index contributed by atoms with van der Waals surface area (Å²) in [6, 6.07) is 2.54. The van der Waals surface area contributed by atoms with Crippen molar-refractivity contribution in [2.24, 2.45) is 11.8 Å². The minimum atomic E-state index is -1.85. The fourth-order valence-corrected chi connectivity index (χ4v) is 10.8. The van der Waals surface area contributed by atoms with Crippen LogP contribution < -0.4 is 15.0 Å². The third-order valence-corrected chi connectivity index (χ3v) is 15.8. The van der Waals surface area contributed by atoms with Crippen LogP contribution in [0.3, 0.4) is 0 Å². The fraction of sp³-hybridized carbons (Fsp3) is 0.652. The van der Waals surface area contributed by atoms with Gasteiger partial charge in [0, 0.05) is 63.8 Å². The van der Waals surface area contributed by atoms with Gasteiger partial charge in [-0.25, -0.2) is 9.59 Å². The quantitative estimate of drug-likeness (QED) is 0.0591. The molecule has 0 radical (unpaired) electrons. The third-order valence-electron chi connectivity index (χ3n) is 12.4. The number of carboxylic acid groups (broad SMARTS) is 1. The molecule has 2 saturated heterocycles. The summed E-state index contributed by atoms with van der Waals surface area (Å²) in [5, 5.41) is 23.7. The molecule has 362 valence electrons. The van der Waals surface area contributed by atoms with Crippen LogP contribution >= 0.6 is 33.2 Å². The second kappa shape index (κ2) is 23.8. The molecule has 2 unspecified atom stereocenters. The van der Waals surface area contributed by atoms with Gasteiger partial charge in [-0.05, 0) is 64.2 Å². The summed E-state index contributed by atoms with van der Waals surface area (Å²) in [6.45, 7) is 10.5. The predicted molar refractivity (Wildman–Crippen MR) is 250 cm³/mol. The first-order chi connectivity index (χ1) is 30.5. The van der Waals surface area contributed by atoms with Crippen molar-refractivity contribution in [3.8, 4) is 5.75 Å². The van der Waals surface area contributed by atoms with E-state index in [1.54, 1.807) is 73.7 Å². The molecule has 1 aromatic rings. The van der Waals surface area contributed by atoms with Crippen LogP contribution in [0.25, 0.3) is 0 Å². The number of alkyl carbamates (subject to hydrolysis) is 1. The summed E-state index contributed by atoms with van der Waals surface area (Å²) in [6.07, 6.45) is 3.30. The highest BCUT2D eigenvalue weighted by atomic mass is 35.5. The van der Waals surface area contributed by atoms with Gasteiger partial charge >= 0.3 is 18.0 Å². The Bertz CT molecular complexity index is 1970. The molecule has 4 bridgehead atoms. The molecule has 16 nitrogen and oxygen atoms in total. The average molecular weight is 969 g/mol. The van der Waals surface area contributed by atoms with E-state index in [0.717, 1.165) is 23.3 Å². The number of rotatable bonds is 18. The van der Waals surface area contributed by atoms with Crippen molar-refractivity contribution >= 4 is 74.5 Å². The van der Waals surface area contributed by atoms with Crippen molar-refractivity contribution < 1.29 is 62.7 Å². The van der Waals surface area contributed by atoms with Crippen LogP contribution in [0.4, 0.5) is 10.5 Å². The van der Waals surface area contributed by atoms with Crippen LogP contribution in [0.5, 0.6) is 5.75 Å². The van der Waals surface area contributed by atoms with Crippen molar-refractivity contribution in [3.05, 3.63) is 46.5 Å². The lowest BCUT2D eigenvalue weighted by atomic mass is 9.83. The minimum Gasteiger partial charge on any atom is -0.495 e. The number of nitrogens with one attached hydrogen (secondary N) is 1. The van der Waals surface area contributed by atoms with Crippen LogP contribution in [-0.2, 0) is 49.3 Å². The normalized spacial score (nSPS) is 28.5. The molecular formula is C46H66ClN3O13S2. The maximum absolute atomic E-state index is 14.3. The number of epoxide rings is 1. The number of aliphatic hydroxyl groups is 1. The van der Waals surface area contributed by atoms with Gasteiger partial charge in [-0.2, -0.15) is 0 Å². The van der Waals surface area contributed by atoms with Crippen molar-refractivity contribution in [2.75, 3.05) is 39.0 Å². The largest absolute Gasteiger partial charge is 0.495 e. The molecule has 3 amide bonds. The van der Waals surface area contributed by atoms with E-state index in [0.29, 0.717) is 37.1 Å². The number of methoxy groups -OCH3 is 2. The zero-order valence-electron chi connectivity index (χ0n) is 39.1. The fourth-order valence-electron chi connectivity index (χ4n) is 7.95. The van der Waals surface area contributed by atoms with Gasteiger partial charge in [-0.15, -0.1) is 0 Å². The number of likely N-dealkylation sites (N-methyl/N-ethyl adjacent to an activating group) is 1. The number of carboxylic acids is 1. The van der Waals surface area contributed by atoms with E-state index < -0.39 is 77.6 Å². The van der Waals surface area contributed by atoms with E-state index in [-0.39, 0.29) is 47.6 Å². The molecule has 0 saturated carbocycles. The Kier molecular flexibility index (Phi) is 19.7. The zero-order valence-corrected chi connectivity index (χ0v) is 41.4. The number of anilines is 1. The number of fused-ring (bicyclic) bond motifs is 5. The molecule has 65 heavy (non-hydrogen) atoms. The van der Waals surface area contributed by atoms with Crippen molar-refractivity contribution in [3.63, 3.8) is 0 Å². The molecule has 19 heteroatoms. The average Bonchev–Trinajstić information content (AvgIpc) is 3.95. The van der Waals surface area contributed by atoms with Gasteiger partial charge in [0.05, 0.1) is 31.2 Å². The second-order valence-corrected chi connectivity index (χ2v) is 20.9. The summed E-state index contributed by atoms with van der Waals surface area (Å²) in [7, 11) is 9.29. The first kappa shape index (κ1) is 53.8. The molecular weight excluding hydrogens is 902 g/mol. The lowest BCUT2D eigenvalue weighted by Gasteiger charge is -2.42. The number of benzene rings is 1. The lowest BCUT2D eigenvalue weighted by Crippen LogP contribution is -2.63. The van der Waals surface area contributed by atoms with E-state index in [1.165, 1.54) is 38.0 Å². The molecule has 3 aliphatic rings. The summed E-state index contributed by atoms with van der Waals surface area (Å²) < 4.78 is 29.4. The maximum atomic E-state index is 14.3. The zero-order chi connectivity index (χ0) is 48.4. The number of ketones is 1.